The van der Waals surface area contributed by atoms with Crippen molar-refractivity contribution in [1.29, 1.82) is 5.26 Å². The van der Waals surface area contributed by atoms with Crippen molar-refractivity contribution in [2.45, 2.75) is 26.0 Å². The number of imidazole rings is 1. The molecule has 0 aliphatic carbocycles. The average molecular weight is 491 g/mol. The van der Waals surface area contributed by atoms with Crippen molar-refractivity contribution in [2.24, 2.45) is 0 Å². The molecule has 0 N–H and O–H groups in total. The van der Waals surface area contributed by atoms with E-state index >= 15 is 0 Å². The number of fused-ring (bicyclic) bond motifs is 1. The van der Waals surface area contributed by atoms with Gasteiger partial charge in [-0.1, -0.05) is 6.07 Å². The van der Waals surface area contributed by atoms with Crippen LogP contribution >= 0.6 is 0 Å². The van der Waals surface area contributed by atoms with E-state index in [-0.39, 0.29) is 22.9 Å². The molecule has 0 fully saturated rings. The standard InChI is InChI=1S/C23H16F3N9O/c1-13(11-34-12-29-32-33-34)36-22-4-2-3-18(30-22)19-5-6-21-28-10-20(35(21)31-19)15-7-14(24)8-16(23(25)26)17(15)9-27/h2-8,10,12-13,23H,11H2,1H3. The van der Waals surface area contributed by atoms with Crippen LogP contribution in [0.2, 0.25) is 0 Å². The second-order valence-electron chi connectivity index (χ2n) is 7.78. The number of alkyl halides is 2. The Morgan fingerprint density at radius 3 is 2.75 bits per heavy atom. The van der Waals surface area contributed by atoms with Crippen molar-refractivity contribution >= 4 is 5.65 Å². The van der Waals surface area contributed by atoms with E-state index in [1.165, 1.54) is 21.7 Å². The van der Waals surface area contributed by atoms with E-state index in [0.29, 0.717) is 35.5 Å². The van der Waals surface area contributed by atoms with Crippen LogP contribution < -0.4 is 4.74 Å². The maximum Gasteiger partial charge on any atom is 0.265 e. The predicted octanol–water partition coefficient (Wildman–Crippen LogP) is 3.86. The average Bonchev–Trinajstić information content (AvgIpc) is 3.53. The van der Waals surface area contributed by atoms with Gasteiger partial charge in [0, 0.05) is 17.2 Å². The first-order chi connectivity index (χ1) is 17.4. The van der Waals surface area contributed by atoms with Crippen LogP contribution in [0.3, 0.4) is 0 Å². The van der Waals surface area contributed by atoms with Gasteiger partial charge in [0.1, 0.15) is 30.0 Å². The molecule has 5 aromatic rings. The molecule has 4 aromatic heterocycles. The van der Waals surface area contributed by atoms with Crippen molar-refractivity contribution in [1.82, 2.24) is 39.8 Å². The highest BCUT2D eigenvalue weighted by molar-refractivity contribution is 5.72. The summed E-state index contributed by atoms with van der Waals surface area (Å²) in [5.74, 6) is -0.549. The van der Waals surface area contributed by atoms with Gasteiger partial charge in [-0.25, -0.2) is 32.3 Å². The van der Waals surface area contributed by atoms with E-state index in [9.17, 15) is 18.4 Å². The Bertz CT molecular complexity index is 1580. The summed E-state index contributed by atoms with van der Waals surface area (Å²) in [6, 6.07) is 11.9. The molecule has 5 rings (SSSR count). The summed E-state index contributed by atoms with van der Waals surface area (Å²) in [5, 5.41) is 25.0. The molecule has 10 nitrogen and oxygen atoms in total. The normalized spacial score (nSPS) is 12.1. The first-order valence-electron chi connectivity index (χ1n) is 10.6. The molecule has 13 heteroatoms. The molecule has 1 aromatic carbocycles. The molecule has 0 saturated heterocycles. The number of ether oxygens (including phenoxy) is 1. The van der Waals surface area contributed by atoms with E-state index in [1.807, 2.05) is 6.92 Å². The van der Waals surface area contributed by atoms with Gasteiger partial charge < -0.3 is 4.74 Å². The zero-order valence-electron chi connectivity index (χ0n) is 18.6. The van der Waals surface area contributed by atoms with Gasteiger partial charge in [-0.15, -0.1) is 5.10 Å². The van der Waals surface area contributed by atoms with Gasteiger partial charge in [-0.3, -0.25) is 0 Å². The lowest BCUT2D eigenvalue weighted by molar-refractivity contribution is 0.150. The fourth-order valence-corrected chi connectivity index (χ4v) is 3.71. The number of hydrogen-bond donors (Lipinski definition) is 0. The lowest BCUT2D eigenvalue weighted by Crippen LogP contribution is -2.20. The second kappa shape index (κ2) is 9.41. The summed E-state index contributed by atoms with van der Waals surface area (Å²) in [4.78, 5) is 8.72. The molecular formula is C23H16F3N9O. The highest BCUT2D eigenvalue weighted by atomic mass is 19.3. The molecular weight excluding hydrogens is 475 g/mol. The predicted molar refractivity (Wildman–Crippen MR) is 119 cm³/mol. The number of tetrazole rings is 1. The molecule has 0 saturated carbocycles. The largest absolute Gasteiger partial charge is 0.473 e. The Morgan fingerprint density at radius 1 is 1.14 bits per heavy atom. The van der Waals surface area contributed by atoms with Crippen LogP contribution in [0.4, 0.5) is 13.2 Å². The van der Waals surface area contributed by atoms with Gasteiger partial charge in [-0.2, -0.15) is 10.4 Å². The molecule has 180 valence electrons. The minimum Gasteiger partial charge on any atom is -0.473 e. The number of nitriles is 1. The fraction of sp³-hybridized carbons (Fsp3) is 0.174. The third kappa shape index (κ3) is 4.43. The fourth-order valence-electron chi connectivity index (χ4n) is 3.71. The topological polar surface area (TPSA) is 120 Å². The van der Waals surface area contributed by atoms with Crippen LogP contribution in [0.15, 0.2) is 55.0 Å². The van der Waals surface area contributed by atoms with Crippen molar-refractivity contribution in [3.8, 4) is 34.6 Å². The molecule has 1 unspecified atom stereocenters. The van der Waals surface area contributed by atoms with E-state index < -0.39 is 17.8 Å². The molecule has 4 heterocycles. The third-order valence-electron chi connectivity index (χ3n) is 5.26. The van der Waals surface area contributed by atoms with Crippen LogP contribution in [0, 0.1) is 17.1 Å². The molecule has 0 aliphatic heterocycles. The van der Waals surface area contributed by atoms with Gasteiger partial charge in [0.2, 0.25) is 5.88 Å². The number of pyridine rings is 1. The second-order valence-corrected chi connectivity index (χ2v) is 7.78. The lowest BCUT2D eigenvalue weighted by atomic mass is 10.00. The number of hydrogen-bond acceptors (Lipinski definition) is 8. The van der Waals surface area contributed by atoms with E-state index in [0.717, 1.165) is 6.07 Å². The Morgan fingerprint density at radius 2 is 2.00 bits per heavy atom. The SMILES string of the molecule is CC(Cn1cnnn1)Oc1cccc(-c2ccc3ncc(-c4cc(F)cc(C(F)F)c4C#N)n3n2)n1. The van der Waals surface area contributed by atoms with Gasteiger partial charge in [-0.05, 0) is 47.7 Å². The van der Waals surface area contributed by atoms with Crippen molar-refractivity contribution < 1.29 is 17.9 Å². The number of nitrogens with zero attached hydrogens (tertiary/aromatic N) is 9. The molecule has 0 bridgehead atoms. The summed E-state index contributed by atoms with van der Waals surface area (Å²) in [6.07, 6.45) is -0.475. The van der Waals surface area contributed by atoms with Crippen LogP contribution in [-0.2, 0) is 6.54 Å². The first kappa shape index (κ1) is 22.9. The van der Waals surface area contributed by atoms with E-state index in [4.69, 9.17) is 4.74 Å². The summed E-state index contributed by atoms with van der Waals surface area (Å²) < 4.78 is 49.9. The summed E-state index contributed by atoms with van der Waals surface area (Å²) >= 11 is 0. The number of benzene rings is 1. The van der Waals surface area contributed by atoms with Crippen LogP contribution in [0.1, 0.15) is 24.5 Å². The van der Waals surface area contributed by atoms with Crippen LogP contribution in [0.25, 0.3) is 28.3 Å². The van der Waals surface area contributed by atoms with Gasteiger partial charge in [0.15, 0.2) is 5.65 Å². The minimum atomic E-state index is -3.02. The lowest BCUT2D eigenvalue weighted by Gasteiger charge is -2.14. The van der Waals surface area contributed by atoms with Crippen molar-refractivity contribution in [3.63, 3.8) is 0 Å². The minimum absolute atomic E-state index is 0.0357. The van der Waals surface area contributed by atoms with Crippen molar-refractivity contribution in [3.05, 3.63) is 71.9 Å². The quantitative estimate of drug-likeness (QED) is 0.337. The molecule has 0 spiro atoms. The summed E-state index contributed by atoms with van der Waals surface area (Å²) in [7, 11) is 0. The Hall–Kier alpha value is -4.86. The molecule has 1 atom stereocenters. The van der Waals surface area contributed by atoms with Gasteiger partial charge in [0.25, 0.3) is 6.43 Å². The summed E-state index contributed by atoms with van der Waals surface area (Å²) in [5.41, 5.74) is 0.383. The van der Waals surface area contributed by atoms with Crippen molar-refractivity contribution in [2.75, 3.05) is 0 Å². The number of aromatic nitrogens is 8. The highest BCUT2D eigenvalue weighted by Crippen LogP contribution is 2.33. The highest BCUT2D eigenvalue weighted by Gasteiger charge is 2.22. The molecule has 0 aliphatic rings. The Balaban J connectivity index is 1.51. The number of halogens is 3. The molecule has 0 radical (unpaired) electrons. The maximum atomic E-state index is 14.2. The Labute approximate surface area is 201 Å². The molecule has 36 heavy (non-hydrogen) atoms. The molecule has 0 amide bonds. The number of rotatable bonds is 7. The van der Waals surface area contributed by atoms with E-state index in [2.05, 4.69) is 30.6 Å². The maximum absolute atomic E-state index is 14.2. The first-order valence-corrected chi connectivity index (χ1v) is 10.6. The summed E-state index contributed by atoms with van der Waals surface area (Å²) in [6.45, 7) is 2.26. The van der Waals surface area contributed by atoms with Gasteiger partial charge in [0.05, 0.1) is 29.7 Å². The third-order valence-corrected chi connectivity index (χ3v) is 5.26. The van der Waals surface area contributed by atoms with Crippen LogP contribution in [0.5, 0.6) is 5.88 Å². The monoisotopic (exact) mass is 491 g/mol. The smallest absolute Gasteiger partial charge is 0.265 e. The zero-order valence-corrected chi connectivity index (χ0v) is 18.6. The Kier molecular flexibility index (Phi) is 5.99. The zero-order chi connectivity index (χ0) is 25.2. The van der Waals surface area contributed by atoms with E-state index in [1.54, 1.807) is 36.4 Å². The van der Waals surface area contributed by atoms with Crippen LogP contribution in [-0.4, -0.2) is 45.9 Å². The van der Waals surface area contributed by atoms with Gasteiger partial charge >= 0.3 is 0 Å².